The van der Waals surface area contributed by atoms with E-state index in [2.05, 4.69) is 10.3 Å². The summed E-state index contributed by atoms with van der Waals surface area (Å²) in [5.41, 5.74) is 1.82. The second-order valence-electron chi connectivity index (χ2n) is 5.72. The smallest absolute Gasteiger partial charge is 0.257 e. The minimum Gasteiger partial charge on any atom is -0.490 e. The molecule has 0 fully saturated rings. The van der Waals surface area contributed by atoms with Gasteiger partial charge in [0.2, 0.25) is 0 Å². The summed E-state index contributed by atoms with van der Waals surface area (Å²) in [6, 6.07) is 14.4. The molecule has 0 aliphatic carbocycles. The van der Waals surface area contributed by atoms with E-state index in [4.69, 9.17) is 20.8 Å². The molecule has 0 aliphatic rings. The zero-order valence-corrected chi connectivity index (χ0v) is 15.9. The Morgan fingerprint density at radius 2 is 2.11 bits per heavy atom. The van der Waals surface area contributed by atoms with E-state index in [0.29, 0.717) is 45.1 Å². The molecule has 136 valence electrons. The number of aromatic nitrogens is 1. The zero-order valence-electron chi connectivity index (χ0n) is 14.4. The fraction of sp³-hybridized carbons (Fsp3) is 0.100. The minimum absolute atomic E-state index is 0.262. The second kappa shape index (κ2) is 7.42. The maximum Gasteiger partial charge on any atom is 0.257 e. The molecule has 1 amide bonds. The lowest BCUT2D eigenvalue weighted by Gasteiger charge is -2.02. The number of nitrogens with zero attached hydrogens (tertiary/aromatic N) is 1. The van der Waals surface area contributed by atoms with Gasteiger partial charge in [-0.2, -0.15) is 0 Å². The molecule has 0 radical (unpaired) electrons. The molecule has 4 aromatic rings. The van der Waals surface area contributed by atoms with Crippen LogP contribution in [0.2, 0.25) is 5.02 Å². The van der Waals surface area contributed by atoms with Crippen LogP contribution < -0.4 is 10.1 Å². The van der Waals surface area contributed by atoms with Gasteiger partial charge in [-0.3, -0.25) is 10.1 Å². The number of fused-ring (bicyclic) bond motifs is 1. The Morgan fingerprint density at radius 1 is 1.26 bits per heavy atom. The fourth-order valence-electron chi connectivity index (χ4n) is 2.68. The lowest BCUT2D eigenvalue weighted by Crippen LogP contribution is -2.11. The first-order valence-corrected chi connectivity index (χ1v) is 9.58. The largest absolute Gasteiger partial charge is 0.490 e. The van der Waals surface area contributed by atoms with Crippen LogP contribution >= 0.6 is 22.9 Å². The predicted molar refractivity (Wildman–Crippen MR) is 108 cm³/mol. The van der Waals surface area contributed by atoms with Crippen LogP contribution in [0.15, 0.2) is 58.3 Å². The molecule has 4 rings (SSSR count). The van der Waals surface area contributed by atoms with Gasteiger partial charge in [-0.15, -0.1) is 11.3 Å². The predicted octanol–water partition coefficient (Wildman–Crippen LogP) is 5.86. The Hall–Kier alpha value is -2.83. The molecular weight excluding hydrogens is 384 g/mol. The van der Waals surface area contributed by atoms with Crippen LogP contribution in [0.5, 0.6) is 5.75 Å². The maximum atomic E-state index is 12.3. The van der Waals surface area contributed by atoms with Gasteiger partial charge in [0.05, 0.1) is 6.61 Å². The van der Waals surface area contributed by atoms with E-state index in [1.54, 1.807) is 24.3 Å². The first kappa shape index (κ1) is 17.6. The van der Waals surface area contributed by atoms with Crippen LogP contribution in [-0.2, 0) is 0 Å². The maximum absolute atomic E-state index is 12.3. The first-order chi connectivity index (χ1) is 13.1. The Bertz CT molecular complexity index is 1120. The first-order valence-electron chi connectivity index (χ1n) is 8.32. The molecule has 0 unspecified atom stereocenters. The zero-order chi connectivity index (χ0) is 18.8. The highest BCUT2D eigenvalue weighted by Crippen LogP contribution is 2.34. The number of halogens is 1. The summed E-state index contributed by atoms with van der Waals surface area (Å²) in [4.78, 5) is 16.8. The van der Waals surface area contributed by atoms with E-state index in [9.17, 15) is 4.79 Å². The highest BCUT2D eigenvalue weighted by Gasteiger charge is 2.15. The molecule has 5 nitrogen and oxygen atoms in total. The van der Waals surface area contributed by atoms with Crippen molar-refractivity contribution in [1.82, 2.24) is 4.98 Å². The van der Waals surface area contributed by atoms with Crippen LogP contribution in [0.3, 0.4) is 0 Å². The fourth-order valence-corrected chi connectivity index (χ4v) is 3.56. The molecule has 0 bridgehead atoms. The van der Waals surface area contributed by atoms with E-state index in [0.717, 1.165) is 5.39 Å². The van der Waals surface area contributed by atoms with Gasteiger partial charge in [0.1, 0.15) is 5.69 Å². The summed E-state index contributed by atoms with van der Waals surface area (Å²) in [6.45, 7) is 2.49. The van der Waals surface area contributed by atoms with Crippen molar-refractivity contribution in [2.24, 2.45) is 0 Å². The summed E-state index contributed by atoms with van der Waals surface area (Å²) in [5.74, 6) is 1.06. The molecule has 0 saturated heterocycles. The van der Waals surface area contributed by atoms with Crippen molar-refractivity contribution < 1.29 is 13.9 Å². The average Bonchev–Trinajstić information content (AvgIpc) is 3.29. The average molecular weight is 399 g/mol. The molecule has 27 heavy (non-hydrogen) atoms. The van der Waals surface area contributed by atoms with Gasteiger partial charge in [0.15, 0.2) is 22.2 Å². The molecule has 0 atom stereocenters. The number of hydrogen-bond acceptors (Lipinski definition) is 5. The van der Waals surface area contributed by atoms with Crippen LogP contribution in [-0.4, -0.2) is 17.5 Å². The van der Waals surface area contributed by atoms with Gasteiger partial charge in [-0.25, -0.2) is 4.98 Å². The number of amides is 1. The van der Waals surface area contributed by atoms with Gasteiger partial charge in [-0.05, 0) is 37.3 Å². The number of nitrogens with one attached hydrogen (secondary N) is 1. The minimum atomic E-state index is -0.262. The van der Waals surface area contributed by atoms with Crippen LogP contribution in [0.4, 0.5) is 5.13 Å². The Morgan fingerprint density at radius 3 is 2.93 bits per heavy atom. The van der Waals surface area contributed by atoms with Gasteiger partial charge < -0.3 is 9.15 Å². The number of carbonyl (C=O) groups excluding carboxylic acids is 1. The normalized spacial score (nSPS) is 10.9. The number of furan rings is 1. The number of rotatable bonds is 5. The molecule has 0 saturated carbocycles. The van der Waals surface area contributed by atoms with E-state index in [1.165, 1.54) is 11.3 Å². The molecule has 0 aliphatic heterocycles. The van der Waals surface area contributed by atoms with Crippen LogP contribution in [0, 0.1) is 0 Å². The Balaban J connectivity index is 1.58. The SMILES string of the molecule is CCOc1cccc2cc(-c3csc(NC(=O)c4cccc(Cl)c4)n3)oc12. The third-order valence-corrected chi connectivity index (χ3v) is 4.86. The summed E-state index contributed by atoms with van der Waals surface area (Å²) >= 11 is 7.26. The number of carbonyl (C=O) groups is 1. The summed E-state index contributed by atoms with van der Waals surface area (Å²) in [7, 11) is 0. The standard InChI is InChI=1S/C20H15ClN2O3S/c1-2-25-16-8-4-5-12-10-17(26-18(12)16)15-11-27-20(22-15)23-19(24)13-6-3-7-14(21)9-13/h3-11H,2H2,1H3,(H,22,23,24). The molecule has 0 spiro atoms. The van der Waals surface area contributed by atoms with Gasteiger partial charge in [0, 0.05) is 21.4 Å². The number of benzene rings is 2. The quantitative estimate of drug-likeness (QED) is 0.457. The highest BCUT2D eigenvalue weighted by molar-refractivity contribution is 7.14. The molecule has 2 aromatic carbocycles. The van der Waals surface area contributed by atoms with E-state index < -0.39 is 0 Å². The molecule has 7 heteroatoms. The second-order valence-corrected chi connectivity index (χ2v) is 7.02. The van der Waals surface area contributed by atoms with Gasteiger partial charge in [-0.1, -0.05) is 29.8 Å². The van der Waals surface area contributed by atoms with Crippen molar-refractivity contribution in [2.75, 3.05) is 11.9 Å². The topological polar surface area (TPSA) is 64.4 Å². The summed E-state index contributed by atoms with van der Waals surface area (Å²) < 4.78 is 11.6. The van der Waals surface area contributed by atoms with E-state index in [-0.39, 0.29) is 5.91 Å². The number of thiazole rings is 1. The van der Waals surface area contributed by atoms with Crippen LogP contribution in [0.1, 0.15) is 17.3 Å². The lowest BCUT2D eigenvalue weighted by atomic mass is 10.2. The summed E-state index contributed by atoms with van der Waals surface area (Å²) in [6.07, 6.45) is 0. The van der Waals surface area contributed by atoms with Gasteiger partial charge in [0.25, 0.3) is 5.91 Å². The van der Waals surface area contributed by atoms with Crippen molar-refractivity contribution >= 4 is 44.9 Å². The number of para-hydroxylation sites is 1. The molecule has 1 N–H and O–H groups in total. The van der Waals surface area contributed by atoms with Crippen molar-refractivity contribution in [2.45, 2.75) is 6.92 Å². The van der Waals surface area contributed by atoms with Crippen molar-refractivity contribution in [3.63, 3.8) is 0 Å². The third-order valence-electron chi connectivity index (χ3n) is 3.87. The number of anilines is 1. The highest BCUT2D eigenvalue weighted by atomic mass is 35.5. The van der Waals surface area contributed by atoms with Crippen molar-refractivity contribution in [1.29, 1.82) is 0 Å². The van der Waals surface area contributed by atoms with Crippen molar-refractivity contribution in [3.05, 3.63) is 64.5 Å². The molecule has 2 aromatic heterocycles. The van der Waals surface area contributed by atoms with Gasteiger partial charge >= 0.3 is 0 Å². The van der Waals surface area contributed by atoms with E-state index in [1.807, 2.05) is 36.6 Å². The Kier molecular flexibility index (Phi) is 4.83. The van der Waals surface area contributed by atoms with E-state index >= 15 is 0 Å². The summed E-state index contributed by atoms with van der Waals surface area (Å²) in [5, 5.41) is 6.56. The lowest BCUT2D eigenvalue weighted by molar-refractivity contribution is 0.102. The molecule has 2 heterocycles. The van der Waals surface area contributed by atoms with Crippen LogP contribution in [0.25, 0.3) is 22.4 Å². The third kappa shape index (κ3) is 3.67. The number of hydrogen-bond donors (Lipinski definition) is 1. The molecular formula is C20H15ClN2O3S. The Labute approximate surface area is 164 Å². The monoisotopic (exact) mass is 398 g/mol. The number of ether oxygens (including phenoxy) is 1. The van der Waals surface area contributed by atoms with Crippen molar-refractivity contribution in [3.8, 4) is 17.2 Å².